The molecule has 2 unspecified atom stereocenters. The lowest BCUT2D eigenvalue weighted by molar-refractivity contribution is -0.384. The summed E-state index contributed by atoms with van der Waals surface area (Å²) in [7, 11) is 1.33. The Morgan fingerprint density at radius 3 is 2.43 bits per heavy atom. The molecule has 7 N–H and O–H groups in total. The fraction of sp³-hybridized carbons (Fsp3) is 0.538. The van der Waals surface area contributed by atoms with Gasteiger partial charge in [0.25, 0.3) is 5.69 Å². The van der Waals surface area contributed by atoms with Gasteiger partial charge in [0, 0.05) is 18.5 Å². The van der Waals surface area contributed by atoms with Crippen LogP contribution in [0.5, 0.6) is 5.75 Å². The number of benzene rings is 1. The Morgan fingerprint density at radius 2 is 1.96 bits per heavy atom. The summed E-state index contributed by atoms with van der Waals surface area (Å²) >= 11 is 0. The van der Waals surface area contributed by atoms with E-state index in [1.54, 1.807) is 0 Å². The van der Waals surface area contributed by atoms with Crippen LogP contribution in [-0.4, -0.2) is 64.4 Å². The van der Waals surface area contributed by atoms with Crippen LogP contribution < -0.4 is 15.8 Å². The third-order valence-electron chi connectivity index (χ3n) is 3.18. The molecule has 0 saturated carbocycles. The molecule has 10 nitrogen and oxygen atoms in total. The second kappa shape index (κ2) is 8.48. The Balaban J connectivity index is 3.37. The van der Waals surface area contributed by atoms with Crippen LogP contribution in [0.1, 0.15) is 5.56 Å². The number of nitrogens with two attached hydrogens (primary N) is 1. The number of nitrogens with one attached hydrogen (secondary N) is 1. The fourth-order valence-electron chi connectivity index (χ4n) is 2.03. The van der Waals surface area contributed by atoms with E-state index < -0.39 is 30.3 Å². The van der Waals surface area contributed by atoms with Crippen molar-refractivity contribution in [3.8, 4) is 5.75 Å². The topological polar surface area (TPSA) is 171 Å². The zero-order valence-electron chi connectivity index (χ0n) is 12.6. The molecule has 0 aliphatic rings. The maximum atomic E-state index is 11.4. The number of nitro benzene ring substituents is 1. The van der Waals surface area contributed by atoms with Gasteiger partial charge >= 0.3 is 0 Å². The molecule has 0 radical (unpaired) electrons. The molecule has 0 aromatic heterocycles. The lowest BCUT2D eigenvalue weighted by Crippen LogP contribution is -2.24. The molecule has 1 rings (SSSR count). The van der Waals surface area contributed by atoms with Crippen molar-refractivity contribution in [3.05, 3.63) is 21.7 Å². The summed E-state index contributed by atoms with van der Waals surface area (Å²) in [6.07, 6.45) is -2.50. The second-order valence-corrected chi connectivity index (χ2v) is 4.89. The van der Waals surface area contributed by atoms with Gasteiger partial charge in [0.2, 0.25) is 0 Å². The highest BCUT2D eigenvalue weighted by Gasteiger charge is 2.27. The van der Waals surface area contributed by atoms with Gasteiger partial charge in [-0.25, -0.2) is 0 Å². The van der Waals surface area contributed by atoms with Crippen molar-refractivity contribution in [1.29, 1.82) is 0 Å². The average molecular weight is 331 g/mol. The van der Waals surface area contributed by atoms with Gasteiger partial charge < -0.3 is 36.2 Å². The lowest BCUT2D eigenvalue weighted by atomic mass is 10.0. The van der Waals surface area contributed by atoms with Gasteiger partial charge in [-0.1, -0.05) is 0 Å². The first kappa shape index (κ1) is 18.9. The van der Waals surface area contributed by atoms with Crippen molar-refractivity contribution in [2.75, 3.05) is 37.9 Å². The molecule has 0 heterocycles. The van der Waals surface area contributed by atoms with Crippen LogP contribution in [0.25, 0.3) is 0 Å². The molecule has 0 spiro atoms. The molecule has 130 valence electrons. The minimum absolute atomic E-state index is 0.0356. The van der Waals surface area contributed by atoms with Crippen LogP contribution >= 0.6 is 0 Å². The third-order valence-corrected chi connectivity index (χ3v) is 3.18. The first-order valence-corrected chi connectivity index (χ1v) is 6.81. The maximum absolute atomic E-state index is 11.4. The minimum Gasteiger partial charge on any atom is -0.494 e. The van der Waals surface area contributed by atoms with Gasteiger partial charge in [-0.15, -0.1) is 0 Å². The number of nitrogen functional groups attached to an aromatic ring is 1. The largest absolute Gasteiger partial charge is 0.494 e. The molecule has 0 saturated heterocycles. The molecule has 0 aliphatic carbocycles. The van der Waals surface area contributed by atoms with Crippen molar-refractivity contribution < 1.29 is 30.1 Å². The predicted molar refractivity (Wildman–Crippen MR) is 82.4 cm³/mol. The first-order valence-electron chi connectivity index (χ1n) is 6.81. The molecule has 1 aromatic rings. The van der Waals surface area contributed by atoms with Crippen LogP contribution in [-0.2, 0) is 6.42 Å². The van der Waals surface area contributed by atoms with Crippen LogP contribution in [0, 0.1) is 10.1 Å². The van der Waals surface area contributed by atoms with Gasteiger partial charge in [-0.3, -0.25) is 10.1 Å². The van der Waals surface area contributed by atoms with Gasteiger partial charge in [0.1, 0.15) is 17.1 Å². The molecule has 1 aromatic carbocycles. The van der Waals surface area contributed by atoms with E-state index in [0.29, 0.717) is 0 Å². The monoisotopic (exact) mass is 331 g/mol. The number of aliphatic hydroxyl groups is 4. The quantitative estimate of drug-likeness (QED) is 0.185. The van der Waals surface area contributed by atoms with E-state index in [9.17, 15) is 20.3 Å². The van der Waals surface area contributed by atoms with E-state index in [-0.39, 0.29) is 41.3 Å². The standard InChI is InChI=1S/C13H21N3O7/c1-23-10-3-7(2-8(19)5-17)13(16(21)22)12(11(10)14)15-4-9(20)6-18/h3,8-9,15,17-20H,2,4-6,14H2,1H3. The molecule has 0 fully saturated rings. The minimum atomic E-state index is -1.18. The van der Waals surface area contributed by atoms with Crippen molar-refractivity contribution in [2.45, 2.75) is 18.6 Å². The Labute approximate surface area is 132 Å². The van der Waals surface area contributed by atoms with E-state index >= 15 is 0 Å². The highest BCUT2D eigenvalue weighted by atomic mass is 16.6. The molecule has 2 atom stereocenters. The van der Waals surface area contributed by atoms with Crippen LogP contribution in [0.4, 0.5) is 17.1 Å². The summed E-state index contributed by atoms with van der Waals surface area (Å²) in [6, 6.07) is 1.32. The highest BCUT2D eigenvalue weighted by molar-refractivity contribution is 5.84. The normalized spacial score (nSPS) is 13.4. The summed E-state index contributed by atoms with van der Waals surface area (Å²) in [5.74, 6) is 0.150. The second-order valence-electron chi connectivity index (χ2n) is 4.89. The smallest absolute Gasteiger partial charge is 0.297 e. The SMILES string of the molecule is COc1cc(CC(O)CO)c([N+](=O)[O-])c(NCC(O)CO)c1N. The first-order chi connectivity index (χ1) is 10.8. The number of ether oxygens (including phenoxy) is 1. The molecule has 0 bridgehead atoms. The van der Waals surface area contributed by atoms with E-state index in [1.807, 2.05) is 0 Å². The zero-order valence-corrected chi connectivity index (χ0v) is 12.6. The maximum Gasteiger partial charge on any atom is 0.297 e. The van der Waals surface area contributed by atoms with E-state index in [0.717, 1.165) is 0 Å². The number of methoxy groups -OCH3 is 1. The molecule has 0 amide bonds. The Morgan fingerprint density at radius 1 is 1.35 bits per heavy atom. The van der Waals surface area contributed by atoms with Crippen LogP contribution in [0.2, 0.25) is 0 Å². The predicted octanol–water partition coefficient (Wildman–Crippen LogP) is -1.15. The summed E-state index contributed by atoms with van der Waals surface area (Å²) < 4.78 is 5.07. The zero-order chi connectivity index (χ0) is 17.6. The highest BCUT2D eigenvalue weighted by Crippen LogP contribution is 2.41. The van der Waals surface area contributed by atoms with Gasteiger partial charge in [-0.2, -0.15) is 0 Å². The molecular formula is C13H21N3O7. The summed E-state index contributed by atoms with van der Waals surface area (Å²) in [5.41, 5.74) is 5.45. The fourth-order valence-corrected chi connectivity index (χ4v) is 2.03. The van der Waals surface area contributed by atoms with Crippen molar-refractivity contribution in [1.82, 2.24) is 0 Å². The molecular weight excluding hydrogens is 310 g/mol. The molecule has 23 heavy (non-hydrogen) atoms. The number of aliphatic hydroxyl groups excluding tert-OH is 4. The number of rotatable bonds is 9. The number of anilines is 2. The number of hydrogen-bond acceptors (Lipinski definition) is 9. The number of hydrogen-bond donors (Lipinski definition) is 6. The van der Waals surface area contributed by atoms with E-state index in [1.165, 1.54) is 13.2 Å². The van der Waals surface area contributed by atoms with Crippen LogP contribution in [0.3, 0.4) is 0 Å². The van der Waals surface area contributed by atoms with Crippen molar-refractivity contribution in [2.24, 2.45) is 0 Å². The van der Waals surface area contributed by atoms with E-state index in [2.05, 4.69) is 5.32 Å². The Hall–Kier alpha value is -2.14. The summed E-state index contributed by atoms with van der Waals surface area (Å²) in [4.78, 5) is 10.7. The van der Waals surface area contributed by atoms with Crippen LogP contribution in [0.15, 0.2) is 6.07 Å². The van der Waals surface area contributed by atoms with Gasteiger partial charge in [-0.05, 0) is 6.07 Å². The number of nitro groups is 1. The molecule has 10 heteroatoms. The van der Waals surface area contributed by atoms with Gasteiger partial charge in [0.15, 0.2) is 0 Å². The Kier molecular flexibility index (Phi) is 6.97. The average Bonchev–Trinajstić information content (AvgIpc) is 2.53. The van der Waals surface area contributed by atoms with Gasteiger partial charge in [0.05, 0.1) is 37.5 Å². The summed E-state index contributed by atoms with van der Waals surface area (Å²) in [5, 5.41) is 50.7. The van der Waals surface area contributed by atoms with Crippen molar-refractivity contribution in [3.63, 3.8) is 0 Å². The molecule has 0 aliphatic heterocycles. The van der Waals surface area contributed by atoms with Crippen molar-refractivity contribution >= 4 is 17.1 Å². The van der Waals surface area contributed by atoms with E-state index in [4.69, 9.17) is 20.7 Å². The lowest BCUT2D eigenvalue weighted by Gasteiger charge is -2.18. The Bertz CT molecular complexity index is 553. The third kappa shape index (κ3) is 4.66. The number of nitrogens with zero attached hydrogens (tertiary/aromatic N) is 1. The summed E-state index contributed by atoms with van der Waals surface area (Å²) in [6.45, 7) is -1.26.